The number of rotatable bonds is 11. The summed E-state index contributed by atoms with van der Waals surface area (Å²) in [7, 11) is -3.29. The molecule has 244 valence electrons. The summed E-state index contributed by atoms with van der Waals surface area (Å²) in [5.74, 6) is -2.61. The van der Waals surface area contributed by atoms with Gasteiger partial charge in [0.1, 0.15) is 17.5 Å². The molecule has 1 aromatic carbocycles. The zero-order valence-corrected chi connectivity index (χ0v) is 26.0. The van der Waals surface area contributed by atoms with Crippen LogP contribution >= 0.6 is 0 Å². The molecule has 0 bridgehead atoms. The molecule has 0 aliphatic carbocycles. The van der Waals surface area contributed by atoms with Gasteiger partial charge in [-0.25, -0.2) is 18.2 Å². The number of nitrogens with one attached hydrogen (secondary N) is 1. The topological polar surface area (TPSA) is 193 Å². The lowest BCUT2D eigenvalue weighted by molar-refractivity contribution is -0.138. The van der Waals surface area contributed by atoms with Crippen molar-refractivity contribution in [2.45, 2.75) is 37.5 Å². The Kier molecular flexibility index (Phi) is 10.8. The van der Waals surface area contributed by atoms with Gasteiger partial charge in [-0.1, -0.05) is 12.1 Å². The van der Waals surface area contributed by atoms with Crippen molar-refractivity contribution in [3.8, 4) is 5.75 Å². The first-order valence-electron chi connectivity index (χ1n) is 14.6. The van der Waals surface area contributed by atoms with Crippen LogP contribution in [-0.2, 0) is 29.0 Å². The van der Waals surface area contributed by atoms with Crippen LogP contribution in [0.5, 0.6) is 5.75 Å². The number of sulfone groups is 1. The van der Waals surface area contributed by atoms with Crippen molar-refractivity contribution in [2.75, 3.05) is 58.7 Å². The van der Waals surface area contributed by atoms with E-state index in [0.717, 1.165) is 6.26 Å². The largest absolute Gasteiger partial charge is 0.483 e. The van der Waals surface area contributed by atoms with E-state index in [-0.39, 0.29) is 70.2 Å². The number of carboxylic acids is 1. The molecular weight excluding hydrogens is 610 g/mol. The number of nitrogens with zero attached hydrogens (tertiary/aromatic N) is 4. The van der Waals surface area contributed by atoms with E-state index in [0.29, 0.717) is 17.3 Å². The number of carbonyl (C=O) groups excluding carboxylic acids is 4. The minimum Gasteiger partial charge on any atom is -0.483 e. The highest BCUT2D eigenvalue weighted by Gasteiger charge is 2.33. The molecule has 0 saturated carbocycles. The number of carbonyl (C=O) groups is 5. The van der Waals surface area contributed by atoms with E-state index in [1.54, 1.807) is 31.2 Å². The Morgan fingerprint density at radius 3 is 2.38 bits per heavy atom. The van der Waals surface area contributed by atoms with Crippen molar-refractivity contribution in [1.29, 1.82) is 0 Å². The fourth-order valence-corrected chi connectivity index (χ4v) is 6.20. The highest BCUT2D eigenvalue weighted by Crippen LogP contribution is 2.26. The molecule has 16 heteroatoms. The maximum atomic E-state index is 13.4. The lowest BCUT2D eigenvalue weighted by Gasteiger charge is -2.35. The normalized spacial score (nSPS) is 17.6. The number of aromatic nitrogens is 1. The Labute approximate surface area is 260 Å². The van der Waals surface area contributed by atoms with E-state index in [1.165, 1.54) is 20.8 Å². The molecule has 4 amide bonds. The summed E-state index contributed by atoms with van der Waals surface area (Å²) in [5, 5.41) is 11.8. The zero-order chi connectivity index (χ0) is 32.7. The van der Waals surface area contributed by atoms with Crippen LogP contribution in [0.4, 0.5) is 4.79 Å². The molecule has 2 aliphatic heterocycles. The molecular formula is C29H37N5O10S. The number of para-hydroxylation sites is 1. The van der Waals surface area contributed by atoms with Crippen LogP contribution in [0.2, 0.25) is 0 Å². The van der Waals surface area contributed by atoms with E-state index in [4.69, 9.17) is 9.47 Å². The third-order valence-corrected chi connectivity index (χ3v) is 9.33. The summed E-state index contributed by atoms with van der Waals surface area (Å²) in [6, 6.07) is 6.95. The summed E-state index contributed by atoms with van der Waals surface area (Å²) in [6.07, 6.45) is 0.451. The number of likely N-dealkylation sites (tertiary alicyclic amines) is 1. The van der Waals surface area contributed by atoms with Crippen LogP contribution in [0.3, 0.4) is 0 Å². The molecule has 45 heavy (non-hydrogen) atoms. The average molecular weight is 648 g/mol. The number of carboxylic acid groups (broad SMARTS) is 1. The summed E-state index contributed by atoms with van der Waals surface area (Å²) in [4.78, 5) is 71.8. The van der Waals surface area contributed by atoms with Crippen molar-refractivity contribution in [3.05, 3.63) is 36.0 Å². The Morgan fingerprint density at radius 1 is 1.04 bits per heavy atom. The maximum absolute atomic E-state index is 13.4. The molecule has 0 radical (unpaired) electrons. The van der Waals surface area contributed by atoms with E-state index in [2.05, 4.69) is 10.3 Å². The van der Waals surface area contributed by atoms with Gasteiger partial charge in [0.15, 0.2) is 16.4 Å². The lowest BCUT2D eigenvalue weighted by Crippen LogP contribution is -2.56. The highest BCUT2D eigenvalue weighted by molar-refractivity contribution is 7.91. The van der Waals surface area contributed by atoms with E-state index >= 15 is 0 Å². The smallest absolute Gasteiger partial charge is 0.409 e. The Bertz CT molecular complexity index is 1560. The van der Waals surface area contributed by atoms with Gasteiger partial charge in [0.05, 0.1) is 17.4 Å². The number of piperazine rings is 1. The second-order valence-electron chi connectivity index (χ2n) is 10.9. The van der Waals surface area contributed by atoms with Crippen molar-refractivity contribution >= 4 is 50.5 Å². The molecule has 1 unspecified atom stereocenters. The number of hydrogen-bond donors (Lipinski definition) is 2. The Balaban J connectivity index is 1.47. The Hall–Kier alpha value is -4.47. The molecule has 2 fully saturated rings. The fourth-order valence-electron chi connectivity index (χ4n) is 5.22. The first kappa shape index (κ1) is 33.4. The van der Waals surface area contributed by atoms with E-state index in [9.17, 15) is 37.5 Å². The molecule has 2 aromatic rings. The first-order chi connectivity index (χ1) is 21.4. The number of hydrogen-bond acceptors (Lipinski definition) is 10. The predicted molar refractivity (Wildman–Crippen MR) is 160 cm³/mol. The summed E-state index contributed by atoms with van der Waals surface area (Å²) in [5.41, 5.74) is 0.268. The molecule has 2 N–H and O–H groups in total. The molecule has 15 nitrogen and oxygen atoms in total. The first-order valence-corrected chi connectivity index (χ1v) is 16.5. The van der Waals surface area contributed by atoms with Gasteiger partial charge in [-0.2, -0.15) is 0 Å². The lowest BCUT2D eigenvalue weighted by atomic mass is 10.1. The average Bonchev–Trinajstić information content (AvgIpc) is 3.53. The maximum Gasteiger partial charge on any atom is 0.409 e. The molecule has 2 aliphatic rings. The second-order valence-corrected chi connectivity index (χ2v) is 13.2. The van der Waals surface area contributed by atoms with Crippen LogP contribution in [0.15, 0.2) is 30.3 Å². The third kappa shape index (κ3) is 8.59. The van der Waals surface area contributed by atoms with Gasteiger partial charge >= 0.3 is 12.1 Å². The van der Waals surface area contributed by atoms with Gasteiger partial charge in [-0.3, -0.25) is 19.2 Å². The minimum atomic E-state index is -3.29. The van der Waals surface area contributed by atoms with E-state index < -0.39 is 57.5 Å². The van der Waals surface area contributed by atoms with Crippen molar-refractivity contribution in [1.82, 2.24) is 25.0 Å². The van der Waals surface area contributed by atoms with Gasteiger partial charge in [0.2, 0.25) is 5.91 Å². The molecule has 2 atom stereocenters. The van der Waals surface area contributed by atoms with E-state index in [1.807, 2.05) is 0 Å². The van der Waals surface area contributed by atoms with Gasteiger partial charge in [-0.05, 0) is 31.9 Å². The Morgan fingerprint density at radius 2 is 1.73 bits per heavy atom. The van der Waals surface area contributed by atoms with Crippen molar-refractivity contribution < 1.29 is 47.0 Å². The SMILES string of the molecule is CCOC(=O)N1CCN(C(=O)C(CCC(=O)O)NC(=O)c2cc(OCC(=O)N3CC[C@H](S(C)(=O)=O)C3)c3ccccc3n2)CC1. The number of fused-ring (bicyclic) bond motifs is 1. The summed E-state index contributed by atoms with van der Waals surface area (Å²) >= 11 is 0. The van der Waals surface area contributed by atoms with Gasteiger partial charge in [0, 0.05) is 63.4 Å². The third-order valence-electron chi connectivity index (χ3n) is 7.73. The van der Waals surface area contributed by atoms with Gasteiger partial charge < -0.3 is 34.6 Å². The quantitative estimate of drug-likeness (QED) is 0.346. The zero-order valence-electron chi connectivity index (χ0n) is 25.1. The molecule has 3 heterocycles. The van der Waals surface area contributed by atoms with Crippen LogP contribution in [0.1, 0.15) is 36.7 Å². The minimum absolute atomic E-state index is 0.0788. The van der Waals surface area contributed by atoms with Crippen LogP contribution in [0, 0.1) is 0 Å². The van der Waals surface area contributed by atoms with Crippen LogP contribution in [0.25, 0.3) is 10.9 Å². The number of benzene rings is 1. The molecule has 0 spiro atoms. The fraction of sp³-hybridized carbons (Fsp3) is 0.517. The molecule has 4 rings (SSSR count). The van der Waals surface area contributed by atoms with Crippen molar-refractivity contribution in [3.63, 3.8) is 0 Å². The number of pyridine rings is 1. The monoisotopic (exact) mass is 647 g/mol. The summed E-state index contributed by atoms with van der Waals surface area (Å²) in [6.45, 7) is 2.69. The summed E-state index contributed by atoms with van der Waals surface area (Å²) < 4.78 is 34.6. The predicted octanol–water partition coefficient (Wildman–Crippen LogP) is 0.523. The molecule has 2 saturated heterocycles. The molecule has 1 aromatic heterocycles. The van der Waals surface area contributed by atoms with Crippen LogP contribution < -0.4 is 10.1 Å². The number of aliphatic carboxylic acids is 1. The van der Waals surface area contributed by atoms with Gasteiger partial charge in [-0.15, -0.1) is 0 Å². The number of ether oxygens (including phenoxy) is 2. The van der Waals surface area contributed by atoms with Gasteiger partial charge in [0.25, 0.3) is 11.8 Å². The highest BCUT2D eigenvalue weighted by atomic mass is 32.2. The van der Waals surface area contributed by atoms with Crippen LogP contribution in [-0.4, -0.2) is 133 Å². The van der Waals surface area contributed by atoms with Crippen molar-refractivity contribution in [2.24, 2.45) is 0 Å². The second kappa shape index (κ2) is 14.5. The number of amides is 4. The standard InChI is InChI=1S/C29H37N5O10S/c1-3-43-29(40)33-14-12-32(13-15-33)28(39)22(8-9-26(36)37)31-27(38)23-16-24(20-6-4-5-7-21(20)30-23)44-18-25(35)34-11-10-19(17-34)45(2,41)42/h4-7,16,19,22H,3,8-15,17-18H2,1-2H3,(H,31,38)(H,36,37)/t19-,22?/m0/s1.